The zero-order chi connectivity index (χ0) is 47.1. The third kappa shape index (κ3) is 8.69. The van der Waals surface area contributed by atoms with Crippen molar-refractivity contribution < 1.29 is 99.2 Å². The number of fused-ring (bicyclic) bond motifs is 7. The van der Waals surface area contributed by atoms with E-state index in [1.54, 1.807) is 0 Å². The lowest BCUT2D eigenvalue weighted by Gasteiger charge is -2.60. The molecule has 4 saturated heterocycles. The van der Waals surface area contributed by atoms with Crippen molar-refractivity contribution in [1.29, 1.82) is 0 Å². The van der Waals surface area contributed by atoms with Gasteiger partial charge in [-0.3, -0.25) is 4.79 Å². The molecule has 65 heavy (non-hydrogen) atoms. The molecule has 0 bridgehead atoms. The predicted octanol–water partition coefficient (Wildman–Crippen LogP) is -2.60. The maximum Gasteiger partial charge on any atom is 0.187 e. The van der Waals surface area contributed by atoms with Gasteiger partial charge >= 0.3 is 0 Å². The van der Waals surface area contributed by atoms with Crippen LogP contribution in [0.5, 0.6) is 0 Å². The zero-order valence-corrected chi connectivity index (χ0v) is 37.7. The minimum atomic E-state index is -1.78. The second-order valence-corrected chi connectivity index (χ2v) is 21.3. The maximum atomic E-state index is 14.7. The Morgan fingerprint density at radius 3 is 1.92 bits per heavy atom. The van der Waals surface area contributed by atoms with Gasteiger partial charge in [-0.15, -0.1) is 0 Å². The summed E-state index contributed by atoms with van der Waals surface area (Å²) in [6.07, 6.45) is -17.4. The number of rotatable bonds is 13. The molecule has 0 aromatic rings. The molecule has 4 aliphatic carbocycles. The molecule has 12 N–H and O–H groups in total. The molecule has 27 atom stereocenters. The number of hydrogen-bond acceptors (Lipinski definition) is 20. The summed E-state index contributed by atoms with van der Waals surface area (Å²) in [4.78, 5) is 14.7. The maximum absolute atomic E-state index is 14.7. The lowest BCUT2D eigenvalue weighted by Crippen LogP contribution is -2.65. The Hall–Kier alpha value is -1.09. The molecule has 8 rings (SSSR count). The van der Waals surface area contributed by atoms with Crippen LogP contribution in [0.4, 0.5) is 0 Å². The standard InChI is InChI=1S/C45H74O20/c1-18(17-59-40-37(56)34(53)31(50)26(14-46)61-40)7-10-45(58)19(2)30-25(65-45)12-24-22-6-5-20-11-21(8-9-43(20,3)23(22)13-29(49)44(24,30)4)60-42-39(36(55)33(52)28(16-48)63-42)64-41-38(57)35(54)32(51)27(15-47)62-41/h18-28,30-42,46-48,50-58H,5-17H2,1-4H3/t18?,19-,20?,21-,22+,23-,24-,25?,26+,27+,28+,30-,31+,32+,33-,34-,35-,36-,37+,38+,39+,40+,41-,42+,43-,44+,45?/m0/s1. The van der Waals surface area contributed by atoms with Crippen LogP contribution >= 0.6 is 0 Å². The average Bonchev–Trinajstić information content (AvgIpc) is 3.73. The number of carbonyl (C=O) groups is 1. The van der Waals surface area contributed by atoms with Gasteiger partial charge in [0.1, 0.15) is 79.0 Å². The van der Waals surface area contributed by atoms with Crippen LogP contribution in [0.2, 0.25) is 0 Å². The summed E-state index contributed by atoms with van der Waals surface area (Å²) in [6, 6.07) is 0. The van der Waals surface area contributed by atoms with Crippen LogP contribution < -0.4 is 0 Å². The first kappa shape index (κ1) is 50.3. The molecule has 4 aliphatic heterocycles. The Balaban J connectivity index is 0.887. The van der Waals surface area contributed by atoms with E-state index in [9.17, 15) is 66.1 Å². The van der Waals surface area contributed by atoms with Gasteiger partial charge in [0.15, 0.2) is 24.7 Å². The summed E-state index contributed by atoms with van der Waals surface area (Å²) >= 11 is 0. The minimum absolute atomic E-state index is 0.0765. The first-order valence-electron chi connectivity index (χ1n) is 23.8. The molecule has 4 saturated carbocycles. The molecule has 20 heteroatoms. The van der Waals surface area contributed by atoms with Crippen molar-refractivity contribution in [3.05, 3.63) is 0 Å². The lowest BCUT2D eigenvalue weighted by atomic mass is 9.44. The van der Waals surface area contributed by atoms with Gasteiger partial charge in [-0.2, -0.15) is 0 Å². The minimum Gasteiger partial charge on any atom is -0.394 e. The van der Waals surface area contributed by atoms with Gasteiger partial charge in [0.25, 0.3) is 0 Å². The van der Waals surface area contributed by atoms with Gasteiger partial charge in [-0.25, -0.2) is 0 Å². The summed E-state index contributed by atoms with van der Waals surface area (Å²) in [5.41, 5.74) is -0.874. The molecule has 0 spiro atoms. The Bertz CT molecular complexity index is 1640. The van der Waals surface area contributed by atoms with Crippen LogP contribution in [0.25, 0.3) is 0 Å². The molecule has 0 aromatic heterocycles. The number of ketones is 1. The van der Waals surface area contributed by atoms with Crippen LogP contribution in [-0.4, -0.2) is 204 Å². The van der Waals surface area contributed by atoms with Gasteiger partial charge in [0.05, 0.1) is 38.6 Å². The molecule has 8 aliphatic rings. The Morgan fingerprint density at radius 1 is 0.708 bits per heavy atom. The van der Waals surface area contributed by atoms with Crippen LogP contribution in [0.3, 0.4) is 0 Å². The van der Waals surface area contributed by atoms with Crippen LogP contribution in [0, 0.1) is 52.3 Å². The average molecular weight is 935 g/mol. The molecule has 20 nitrogen and oxygen atoms in total. The van der Waals surface area contributed by atoms with Gasteiger partial charge in [0, 0.05) is 30.1 Å². The molecule has 0 aromatic carbocycles. The Kier molecular flexibility index (Phi) is 14.9. The third-order valence-electron chi connectivity index (χ3n) is 17.9. The quantitative estimate of drug-likeness (QED) is 0.0843. The topological polar surface area (TPSA) is 324 Å². The van der Waals surface area contributed by atoms with Crippen molar-refractivity contribution in [2.75, 3.05) is 26.4 Å². The highest BCUT2D eigenvalue weighted by atomic mass is 16.8. The van der Waals surface area contributed by atoms with E-state index in [2.05, 4.69) is 13.8 Å². The second-order valence-electron chi connectivity index (χ2n) is 21.3. The second kappa shape index (κ2) is 19.3. The van der Waals surface area contributed by atoms with E-state index >= 15 is 0 Å². The largest absolute Gasteiger partial charge is 0.394 e. The summed E-state index contributed by atoms with van der Waals surface area (Å²) in [5.74, 6) is -1.26. The van der Waals surface area contributed by atoms with E-state index in [0.29, 0.717) is 32.1 Å². The van der Waals surface area contributed by atoms with Crippen molar-refractivity contribution in [2.24, 2.45) is 52.3 Å². The summed E-state index contributed by atoms with van der Waals surface area (Å²) in [6.45, 7) is 6.47. The number of carbonyl (C=O) groups excluding carboxylic acids is 1. The number of ether oxygens (including phenoxy) is 7. The summed E-state index contributed by atoms with van der Waals surface area (Å²) in [5, 5.41) is 125. The summed E-state index contributed by atoms with van der Waals surface area (Å²) in [7, 11) is 0. The molecule has 4 unspecified atom stereocenters. The van der Waals surface area contributed by atoms with E-state index in [1.165, 1.54) is 0 Å². The molecule has 4 heterocycles. The zero-order valence-electron chi connectivity index (χ0n) is 37.7. The number of aliphatic hydroxyl groups is 12. The Morgan fingerprint density at radius 2 is 1.29 bits per heavy atom. The fourth-order valence-corrected chi connectivity index (χ4v) is 13.8. The van der Waals surface area contributed by atoms with Crippen LogP contribution in [0.15, 0.2) is 0 Å². The molecular formula is C45H74O20. The molecule has 374 valence electrons. The fraction of sp³-hybridized carbons (Fsp3) is 0.978. The van der Waals surface area contributed by atoms with Crippen molar-refractivity contribution in [3.8, 4) is 0 Å². The number of hydrogen-bond donors (Lipinski definition) is 12. The van der Waals surface area contributed by atoms with Gasteiger partial charge in [-0.1, -0.05) is 27.7 Å². The van der Waals surface area contributed by atoms with Crippen LogP contribution in [0.1, 0.15) is 85.5 Å². The normalized spacial score (nSPS) is 55.0. The number of aliphatic hydroxyl groups excluding tert-OH is 11. The Labute approximate surface area is 378 Å². The molecule has 0 amide bonds. The first-order chi connectivity index (χ1) is 30.7. The van der Waals surface area contributed by atoms with Gasteiger partial charge < -0.3 is 94.4 Å². The van der Waals surface area contributed by atoms with E-state index < -0.39 is 129 Å². The highest BCUT2D eigenvalue weighted by Crippen LogP contribution is 2.70. The monoisotopic (exact) mass is 934 g/mol. The smallest absolute Gasteiger partial charge is 0.187 e. The third-order valence-corrected chi connectivity index (χ3v) is 17.9. The molecule has 0 radical (unpaired) electrons. The van der Waals surface area contributed by atoms with Gasteiger partial charge in [-0.05, 0) is 80.0 Å². The highest BCUT2D eigenvalue weighted by molar-refractivity contribution is 5.87. The highest BCUT2D eigenvalue weighted by Gasteiger charge is 2.71. The van der Waals surface area contributed by atoms with E-state index in [0.717, 1.165) is 19.3 Å². The van der Waals surface area contributed by atoms with Crippen molar-refractivity contribution in [3.63, 3.8) is 0 Å². The van der Waals surface area contributed by atoms with E-state index in [4.69, 9.17) is 33.2 Å². The van der Waals surface area contributed by atoms with Crippen molar-refractivity contribution >= 4 is 5.78 Å². The van der Waals surface area contributed by atoms with Crippen molar-refractivity contribution in [1.82, 2.24) is 0 Å². The predicted molar refractivity (Wildman–Crippen MR) is 219 cm³/mol. The number of Topliss-reactive ketones (excluding diaryl/α,β-unsaturated/α-hetero) is 1. The molecular weight excluding hydrogens is 860 g/mol. The van der Waals surface area contributed by atoms with Crippen LogP contribution in [-0.2, 0) is 38.0 Å². The SMILES string of the molecule is CC(CCC1(O)OC2C[C@H]3[C@@H]4CCC5C[C@@H](O[C@@H]6O[C@H](CO)[C@H](O)[C@H](O)[C@H]6O[C@@H]6O[C@H](CO)[C@@H](O)[C@H](O)[C@H]6O)CC[C@]5(C)[C@H]4CC(=O)[C@]3(C)[C@H]2[C@@H]1C)CO[C@@H]1O[C@H](CO)[C@@H](O)[C@H](O)[C@H]1O. The van der Waals surface area contributed by atoms with Crippen molar-refractivity contribution in [2.45, 2.75) is 196 Å². The summed E-state index contributed by atoms with van der Waals surface area (Å²) < 4.78 is 41.7. The fourth-order valence-electron chi connectivity index (χ4n) is 13.8. The lowest BCUT2D eigenvalue weighted by molar-refractivity contribution is -0.373. The van der Waals surface area contributed by atoms with Gasteiger partial charge in [0.2, 0.25) is 0 Å². The molecule has 8 fully saturated rings. The van der Waals surface area contributed by atoms with E-state index in [-0.39, 0.29) is 71.8 Å². The van der Waals surface area contributed by atoms with E-state index in [1.807, 2.05) is 13.8 Å². The first-order valence-corrected chi connectivity index (χ1v) is 23.8.